The van der Waals surface area contributed by atoms with Crippen molar-refractivity contribution in [1.82, 2.24) is 0 Å². The van der Waals surface area contributed by atoms with E-state index >= 15 is 0 Å². The Bertz CT molecular complexity index is 310. The summed E-state index contributed by atoms with van der Waals surface area (Å²) in [4.78, 5) is -0.366. The third kappa shape index (κ3) is 1.84. The van der Waals surface area contributed by atoms with Gasteiger partial charge in [0.15, 0.2) is 0 Å². The fourth-order valence-electron chi connectivity index (χ4n) is 0.975. The number of hydrogen-bond donors (Lipinski definition) is 0. The van der Waals surface area contributed by atoms with E-state index in [1.807, 2.05) is 0 Å². The lowest BCUT2D eigenvalue weighted by atomic mass is 9.98. The number of allylic oxidation sites excluding steroid dienone is 4. The van der Waals surface area contributed by atoms with Gasteiger partial charge in [-0.25, -0.2) is 0 Å². The standard InChI is InChI=1S/C8H5F5S/c9-7(10,8(11,12)13)5-3-1-2-4-6(5)14/h1-3H,4H2. The van der Waals surface area contributed by atoms with Gasteiger partial charge in [0.1, 0.15) is 0 Å². The van der Waals surface area contributed by atoms with Crippen molar-refractivity contribution >= 4 is 17.1 Å². The molecule has 0 aromatic carbocycles. The van der Waals surface area contributed by atoms with Crippen LogP contribution in [0.3, 0.4) is 0 Å². The molecule has 0 fully saturated rings. The molecule has 0 saturated carbocycles. The molecule has 0 bridgehead atoms. The third-order valence-electron chi connectivity index (χ3n) is 1.70. The molecule has 1 aliphatic rings. The van der Waals surface area contributed by atoms with Gasteiger partial charge in [-0.3, -0.25) is 0 Å². The Morgan fingerprint density at radius 3 is 2.14 bits per heavy atom. The zero-order chi connectivity index (χ0) is 11.0. The van der Waals surface area contributed by atoms with Crippen molar-refractivity contribution in [3.05, 3.63) is 23.8 Å². The zero-order valence-corrected chi connectivity index (χ0v) is 7.55. The molecule has 0 unspecified atom stereocenters. The van der Waals surface area contributed by atoms with Crippen LogP contribution in [0.5, 0.6) is 0 Å². The maximum atomic E-state index is 12.8. The maximum Gasteiger partial charge on any atom is 0.458 e. The van der Waals surface area contributed by atoms with E-state index in [4.69, 9.17) is 0 Å². The van der Waals surface area contributed by atoms with Crippen molar-refractivity contribution in [3.63, 3.8) is 0 Å². The fourth-order valence-corrected chi connectivity index (χ4v) is 1.27. The highest BCUT2D eigenvalue weighted by Crippen LogP contribution is 2.42. The topological polar surface area (TPSA) is 0 Å². The SMILES string of the molecule is FC(F)(F)C(F)(F)C1=CC=CCC1=S. The quantitative estimate of drug-likeness (QED) is 0.489. The second kappa shape index (κ2) is 3.42. The molecule has 1 rings (SSSR count). The first-order valence-corrected chi connectivity index (χ1v) is 4.02. The molecule has 6 heteroatoms. The van der Waals surface area contributed by atoms with Crippen molar-refractivity contribution < 1.29 is 22.0 Å². The summed E-state index contributed by atoms with van der Waals surface area (Å²) in [5.74, 6) is -4.85. The highest BCUT2D eigenvalue weighted by molar-refractivity contribution is 7.80. The Hall–Kier alpha value is -0.780. The third-order valence-corrected chi connectivity index (χ3v) is 2.08. The van der Waals surface area contributed by atoms with Gasteiger partial charge in [-0.1, -0.05) is 30.4 Å². The van der Waals surface area contributed by atoms with Gasteiger partial charge < -0.3 is 0 Å². The van der Waals surface area contributed by atoms with Crippen LogP contribution >= 0.6 is 12.2 Å². The molecular formula is C8H5F5S. The second-order valence-electron chi connectivity index (χ2n) is 2.71. The van der Waals surface area contributed by atoms with Crippen molar-refractivity contribution in [2.24, 2.45) is 0 Å². The first-order valence-electron chi connectivity index (χ1n) is 3.62. The minimum absolute atomic E-state index is 0.0488. The molecule has 0 atom stereocenters. The smallest absolute Gasteiger partial charge is 0.191 e. The summed E-state index contributed by atoms with van der Waals surface area (Å²) < 4.78 is 61.3. The van der Waals surface area contributed by atoms with Gasteiger partial charge in [0.2, 0.25) is 0 Å². The summed E-state index contributed by atoms with van der Waals surface area (Å²) >= 11 is 4.44. The van der Waals surface area contributed by atoms with Crippen LogP contribution in [0.25, 0.3) is 0 Å². The van der Waals surface area contributed by atoms with Crippen LogP contribution < -0.4 is 0 Å². The fraction of sp³-hybridized carbons (Fsp3) is 0.375. The van der Waals surface area contributed by atoms with E-state index in [2.05, 4.69) is 12.2 Å². The molecule has 0 spiro atoms. The highest BCUT2D eigenvalue weighted by atomic mass is 32.1. The number of alkyl halides is 5. The maximum absolute atomic E-state index is 12.8. The van der Waals surface area contributed by atoms with Crippen LogP contribution in [0.4, 0.5) is 22.0 Å². The van der Waals surface area contributed by atoms with E-state index in [0.717, 1.165) is 6.08 Å². The Morgan fingerprint density at radius 2 is 1.71 bits per heavy atom. The second-order valence-corrected chi connectivity index (χ2v) is 3.20. The van der Waals surface area contributed by atoms with Crippen LogP contribution in [0.2, 0.25) is 0 Å². The molecular weight excluding hydrogens is 223 g/mol. The monoisotopic (exact) mass is 228 g/mol. The highest BCUT2D eigenvalue weighted by Gasteiger charge is 2.60. The lowest BCUT2D eigenvalue weighted by Crippen LogP contribution is -2.40. The van der Waals surface area contributed by atoms with E-state index in [9.17, 15) is 22.0 Å². The van der Waals surface area contributed by atoms with E-state index in [-0.39, 0.29) is 11.3 Å². The lowest BCUT2D eigenvalue weighted by molar-refractivity contribution is -0.261. The lowest BCUT2D eigenvalue weighted by Gasteiger charge is -2.23. The van der Waals surface area contributed by atoms with E-state index in [0.29, 0.717) is 6.08 Å². The Morgan fingerprint density at radius 1 is 1.14 bits per heavy atom. The molecule has 14 heavy (non-hydrogen) atoms. The minimum atomic E-state index is -5.59. The van der Waals surface area contributed by atoms with Crippen molar-refractivity contribution in [1.29, 1.82) is 0 Å². The minimum Gasteiger partial charge on any atom is -0.191 e. The molecule has 0 amide bonds. The predicted octanol–water partition coefficient (Wildman–Crippen LogP) is 3.44. The predicted molar refractivity (Wildman–Crippen MR) is 45.4 cm³/mol. The molecule has 0 heterocycles. The van der Waals surface area contributed by atoms with Gasteiger partial charge in [0.25, 0.3) is 0 Å². The molecule has 0 aromatic rings. The molecule has 78 valence electrons. The normalized spacial score (nSPS) is 18.4. The van der Waals surface area contributed by atoms with Gasteiger partial charge >= 0.3 is 12.1 Å². The summed E-state index contributed by atoms with van der Waals surface area (Å²) in [6, 6.07) is 0. The van der Waals surface area contributed by atoms with E-state index in [1.54, 1.807) is 0 Å². The van der Waals surface area contributed by atoms with Crippen LogP contribution in [-0.4, -0.2) is 17.0 Å². The number of thiocarbonyl (C=S) groups is 1. The molecule has 0 radical (unpaired) electrons. The van der Waals surface area contributed by atoms with Crippen LogP contribution in [0.1, 0.15) is 6.42 Å². The van der Waals surface area contributed by atoms with Crippen molar-refractivity contribution in [2.75, 3.05) is 0 Å². The molecule has 0 aromatic heterocycles. The number of rotatable bonds is 1. The van der Waals surface area contributed by atoms with Crippen LogP contribution in [0, 0.1) is 0 Å². The number of hydrogen-bond acceptors (Lipinski definition) is 1. The Kier molecular flexibility index (Phi) is 2.76. The van der Waals surface area contributed by atoms with Gasteiger partial charge in [-0.15, -0.1) is 0 Å². The zero-order valence-electron chi connectivity index (χ0n) is 6.74. The molecule has 0 saturated heterocycles. The molecule has 0 N–H and O–H groups in total. The summed E-state index contributed by atoms with van der Waals surface area (Å²) in [5, 5.41) is 0. The number of halogens is 5. The Balaban J connectivity index is 3.09. The summed E-state index contributed by atoms with van der Waals surface area (Å²) in [7, 11) is 0. The summed E-state index contributed by atoms with van der Waals surface area (Å²) in [5.41, 5.74) is -1.12. The Labute approximate surface area is 82.1 Å². The molecule has 0 aliphatic heterocycles. The largest absolute Gasteiger partial charge is 0.458 e. The average Bonchev–Trinajstić information content (AvgIpc) is 2.02. The molecule has 1 aliphatic carbocycles. The van der Waals surface area contributed by atoms with Crippen molar-refractivity contribution in [2.45, 2.75) is 18.5 Å². The first kappa shape index (κ1) is 11.3. The average molecular weight is 228 g/mol. The van der Waals surface area contributed by atoms with Gasteiger partial charge in [-0.2, -0.15) is 22.0 Å². The van der Waals surface area contributed by atoms with Crippen molar-refractivity contribution in [3.8, 4) is 0 Å². The van der Waals surface area contributed by atoms with E-state index < -0.39 is 17.7 Å². The van der Waals surface area contributed by atoms with Gasteiger partial charge in [-0.05, 0) is 0 Å². The van der Waals surface area contributed by atoms with Gasteiger partial charge in [0.05, 0.1) is 0 Å². The summed E-state index contributed by atoms with van der Waals surface area (Å²) in [6.07, 6.45) is -2.36. The van der Waals surface area contributed by atoms with Crippen LogP contribution in [0.15, 0.2) is 23.8 Å². The van der Waals surface area contributed by atoms with Gasteiger partial charge in [0, 0.05) is 16.9 Å². The summed E-state index contributed by atoms with van der Waals surface area (Å²) in [6.45, 7) is 0. The first-order chi connectivity index (χ1) is 6.27. The van der Waals surface area contributed by atoms with Crippen LogP contribution in [-0.2, 0) is 0 Å². The molecule has 0 nitrogen and oxygen atoms in total. The van der Waals surface area contributed by atoms with E-state index in [1.165, 1.54) is 6.08 Å².